The first-order valence-electron chi connectivity index (χ1n) is 3.23. The van der Waals surface area contributed by atoms with Crippen molar-refractivity contribution in [2.75, 3.05) is 0 Å². The van der Waals surface area contributed by atoms with Crippen molar-refractivity contribution in [2.24, 2.45) is 0 Å². The van der Waals surface area contributed by atoms with Crippen LogP contribution >= 0.6 is 7.82 Å². The molecule has 0 aliphatic carbocycles. The number of hydrogen-bond donors (Lipinski definition) is 2. The topological polar surface area (TPSA) is 66.8 Å². The number of rotatable bonds is 4. The summed E-state index contributed by atoms with van der Waals surface area (Å²) < 4.78 is 14.6. The molecule has 0 aliphatic heterocycles. The van der Waals surface area contributed by atoms with Crippen LogP contribution in [0.25, 0.3) is 0 Å². The van der Waals surface area contributed by atoms with Gasteiger partial charge in [0.25, 0.3) is 0 Å². The van der Waals surface area contributed by atoms with Gasteiger partial charge >= 0.3 is 7.82 Å². The molecule has 0 atom stereocenters. The first-order chi connectivity index (χ1) is 4.49. The van der Waals surface area contributed by atoms with Crippen LogP contribution in [0.4, 0.5) is 0 Å². The van der Waals surface area contributed by atoms with Crippen molar-refractivity contribution in [1.82, 2.24) is 0 Å². The first kappa shape index (κ1) is 10.1. The fourth-order valence-corrected chi connectivity index (χ4v) is 1.32. The molecule has 0 unspecified atom stereocenters. The van der Waals surface area contributed by atoms with Crippen LogP contribution in [0.2, 0.25) is 0 Å². The lowest BCUT2D eigenvalue weighted by atomic mass is 10.2. The van der Waals surface area contributed by atoms with E-state index in [1.54, 1.807) is 0 Å². The smallest absolute Gasteiger partial charge is 0.303 e. The molecule has 0 amide bonds. The van der Waals surface area contributed by atoms with E-state index < -0.39 is 7.82 Å². The fourth-order valence-electron chi connectivity index (χ4n) is 0.632. The molecule has 0 aliphatic rings. The SMILES string of the molecule is CCC(CC)OP(=O)(O)O. The van der Waals surface area contributed by atoms with Crippen LogP contribution in [0, 0.1) is 0 Å². The van der Waals surface area contributed by atoms with E-state index in [9.17, 15) is 4.57 Å². The Morgan fingerprint density at radius 3 is 1.90 bits per heavy atom. The maximum absolute atomic E-state index is 10.2. The van der Waals surface area contributed by atoms with Gasteiger partial charge in [0.15, 0.2) is 0 Å². The zero-order valence-corrected chi connectivity index (χ0v) is 7.04. The minimum atomic E-state index is -4.25. The van der Waals surface area contributed by atoms with Crippen molar-refractivity contribution < 1.29 is 18.9 Å². The van der Waals surface area contributed by atoms with E-state index in [-0.39, 0.29) is 6.10 Å². The second-order valence-electron chi connectivity index (χ2n) is 2.03. The summed E-state index contributed by atoms with van der Waals surface area (Å²) in [6, 6.07) is 0. The maximum atomic E-state index is 10.2. The van der Waals surface area contributed by atoms with E-state index >= 15 is 0 Å². The van der Waals surface area contributed by atoms with Crippen molar-refractivity contribution >= 4 is 7.82 Å². The molecule has 10 heavy (non-hydrogen) atoms. The second-order valence-corrected chi connectivity index (χ2v) is 3.23. The Hall–Kier alpha value is 0.110. The third-order valence-corrected chi connectivity index (χ3v) is 1.77. The fraction of sp³-hybridized carbons (Fsp3) is 1.00. The summed E-state index contributed by atoms with van der Waals surface area (Å²) in [5.41, 5.74) is 0. The Morgan fingerprint density at radius 2 is 1.80 bits per heavy atom. The Kier molecular flexibility index (Phi) is 4.13. The van der Waals surface area contributed by atoms with Gasteiger partial charge in [-0.2, -0.15) is 0 Å². The van der Waals surface area contributed by atoms with Crippen molar-refractivity contribution in [3.8, 4) is 0 Å². The lowest BCUT2D eigenvalue weighted by molar-refractivity contribution is 0.127. The van der Waals surface area contributed by atoms with Crippen LogP contribution in [0.3, 0.4) is 0 Å². The Bertz CT molecular complexity index is 126. The van der Waals surface area contributed by atoms with Crippen LogP contribution in [-0.4, -0.2) is 15.9 Å². The third-order valence-electron chi connectivity index (χ3n) is 1.20. The zero-order valence-electron chi connectivity index (χ0n) is 6.15. The van der Waals surface area contributed by atoms with Gasteiger partial charge in [-0.15, -0.1) is 0 Å². The second kappa shape index (κ2) is 4.09. The average molecular weight is 168 g/mol. The molecule has 0 aromatic rings. The summed E-state index contributed by atoms with van der Waals surface area (Å²) in [6.45, 7) is 3.65. The molecule has 0 spiro atoms. The molecule has 4 nitrogen and oxygen atoms in total. The zero-order chi connectivity index (χ0) is 8.20. The van der Waals surface area contributed by atoms with E-state index in [2.05, 4.69) is 4.52 Å². The van der Waals surface area contributed by atoms with E-state index in [0.717, 1.165) is 0 Å². The van der Waals surface area contributed by atoms with Gasteiger partial charge in [-0.3, -0.25) is 4.52 Å². The summed E-state index contributed by atoms with van der Waals surface area (Å²) in [5.74, 6) is 0. The lowest BCUT2D eigenvalue weighted by Crippen LogP contribution is -2.07. The van der Waals surface area contributed by atoms with Crippen LogP contribution in [0.5, 0.6) is 0 Å². The standard InChI is InChI=1S/C5H13O4P/c1-3-5(4-2)9-10(6,7)8/h5H,3-4H2,1-2H3,(H2,6,7,8). The van der Waals surface area contributed by atoms with E-state index in [0.29, 0.717) is 12.8 Å². The number of hydrogen-bond acceptors (Lipinski definition) is 2. The summed E-state index contributed by atoms with van der Waals surface area (Å²) in [4.78, 5) is 16.7. The van der Waals surface area contributed by atoms with Crippen molar-refractivity contribution in [2.45, 2.75) is 32.8 Å². The summed E-state index contributed by atoms with van der Waals surface area (Å²) in [5, 5.41) is 0. The molecule has 0 aromatic heterocycles. The average Bonchev–Trinajstić information content (AvgIpc) is 1.81. The highest BCUT2D eigenvalue weighted by Gasteiger charge is 2.18. The highest BCUT2D eigenvalue weighted by molar-refractivity contribution is 7.46. The maximum Gasteiger partial charge on any atom is 0.469 e. The Balaban J connectivity index is 3.75. The molecule has 0 aromatic carbocycles. The van der Waals surface area contributed by atoms with Crippen LogP contribution < -0.4 is 0 Å². The minimum Gasteiger partial charge on any atom is -0.303 e. The minimum absolute atomic E-state index is 0.319. The molecule has 0 saturated carbocycles. The molecule has 62 valence electrons. The molecule has 0 rings (SSSR count). The predicted octanol–water partition coefficient (Wildman–Crippen LogP) is 1.28. The first-order valence-corrected chi connectivity index (χ1v) is 4.76. The van der Waals surface area contributed by atoms with Crippen molar-refractivity contribution in [3.63, 3.8) is 0 Å². The number of phosphoric ester groups is 1. The summed E-state index contributed by atoms with van der Waals surface area (Å²) >= 11 is 0. The predicted molar refractivity (Wildman–Crippen MR) is 37.5 cm³/mol. The largest absolute Gasteiger partial charge is 0.469 e. The van der Waals surface area contributed by atoms with Crippen LogP contribution in [-0.2, 0) is 9.09 Å². The van der Waals surface area contributed by atoms with Crippen LogP contribution in [0.1, 0.15) is 26.7 Å². The van der Waals surface area contributed by atoms with Gasteiger partial charge in [-0.25, -0.2) is 4.57 Å². The molecule has 5 heteroatoms. The molecule has 0 heterocycles. The van der Waals surface area contributed by atoms with Crippen LogP contribution in [0.15, 0.2) is 0 Å². The van der Waals surface area contributed by atoms with Crippen molar-refractivity contribution in [3.05, 3.63) is 0 Å². The molecule has 2 N–H and O–H groups in total. The van der Waals surface area contributed by atoms with Gasteiger partial charge in [0.1, 0.15) is 0 Å². The quantitative estimate of drug-likeness (QED) is 0.620. The molecule has 0 radical (unpaired) electrons. The molecule has 0 bridgehead atoms. The molecule has 0 saturated heterocycles. The summed E-state index contributed by atoms with van der Waals surface area (Å²) in [7, 11) is -4.25. The number of phosphoric acid groups is 1. The third kappa shape index (κ3) is 4.94. The highest BCUT2D eigenvalue weighted by atomic mass is 31.2. The lowest BCUT2D eigenvalue weighted by Gasteiger charge is -2.13. The van der Waals surface area contributed by atoms with Gasteiger partial charge in [0.05, 0.1) is 6.10 Å². The Labute approximate surface area is 60.5 Å². The van der Waals surface area contributed by atoms with Gasteiger partial charge in [0, 0.05) is 0 Å². The monoisotopic (exact) mass is 168 g/mol. The molecular weight excluding hydrogens is 155 g/mol. The van der Waals surface area contributed by atoms with E-state index in [1.165, 1.54) is 0 Å². The molecule has 0 fully saturated rings. The normalized spacial score (nSPS) is 12.5. The molecular formula is C5H13O4P. The van der Waals surface area contributed by atoms with Gasteiger partial charge in [-0.1, -0.05) is 13.8 Å². The highest BCUT2D eigenvalue weighted by Crippen LogP contribution is 2.38. The van der Waals surface area contributed by atoms with Crippen molar-refractivity contribution in [1.29, 1.82) is 0 Å². The Morgan fingerprint density at radius 1 is 1.40 bits per heavy atom. The summed E-state index contributed by atoms with van der Waals surface area (Å²) in [6.07, 6.45) is 0.935. The van der Waals surface area contributed by atoms with Gasteiger partial charge in [0.2, 0.25) is 0 Å². The van der Waals surface area contributed by atoms with Gasteiger partial charge in [-0.05, 0) is 12.8 Å². The van der Waals surface area contributed by atoms with E-state index in [1.807, 2.05) is 13.8 Å². The van der Waals surface area contributed by atoms with Gasteiger partial charge < -0.3 is 9.79 Å². The van der Waals surface area contributed by atoms with E-state index in [4.69, 9.17) is 9.79 Å².